The van der Waals surface area contributed by atoms with E-state index in [1.165, 1.54) is 12.3 Å². The number of morpholine rings is 1. The molecule has 1 aromatic heterocycles. The Morgan fingerprint density at radius 2 is 2.39 bits per heavy atom. The van der Waals surface area contributed by atoms with E-state index >= 15 is 0 Å². The monoisotopic (exact) mass is 252 g/mol. The van der Waals surface area contributed by atoms with E-state index in [-0.39, 0.29) is 30.3 Å². The third-order valence-corrected chi connectivity index (χ3v) is 2.84. The normalized spacial score (nSPS) is 24.0. The van der Waals surface area contributed by atoms with Crippen LogP contribution in [0.25, 0.3) is 0 Å². The van der Waals surface area contributed by atoms with Crippen molar-refractivity contribution in [3.8, 4) is 0 Å². The number of aliphatic hydroxyl groups is 1. The van der Waals surface area contributed by atoms with E-state index in [0.29, 0.717) is 18.7 Å². The molecule has 1 aliphatic heterocycles. The zero-order valence-electron chi connectivity index (χ0n) is 10.1. The molecule has 2 atom stereocenters. The number of hydrogen-bond donors (Lipinski definition) is 2. The highest BCUT2D eigenvalue weighted by molar-refractivity contribution is 5.94. The molecule has 18 heavy (non-hydrogen) atoms. The Balaban J connectivity index is 2.15. The fourth-order valence-electron chi connectivity index (χ4n) is 2.07. The quantitative estimate of drug-likeness (QED) is 0.750. The molecule has 1 aliphatic rings. The van der Waals surface area contributed by atoms with E-state index in [0.717, 1.165) is 0 Å². The summed E-state index contributed by atoms with van der Waals surface area (Å²) in [6, 6.07) is 2.84. The molecular weight excluding hydrogens is 236 g/mol. The van der Waals surface area contributed by atoms with Gasteiger partial charge >= 0.3 is 0 Å². The molecule has 2 N–H and O–H groups in total. The summed E-state index contributed by atoms with van der Waals surface area (Å²) >= 11 is 0. The van der Waals surface area contributed by atoms with Crippen molar-refractivity contribution in [1.82, 2.24) is 9.88 Å². The zero-order valence-corrected chi connectivity index (χ0v) is 10.1. The first kappa shape index (κ1) is 12.8. The average molecular weight is 252 g/mol. The lowest BCUT2D eigenvalue weighted by atomic mass is 10.1. The number of rotatable bonds is 2. The van der Waals surface area contributed by atoms with Crippen molar-refractivity contribution in [2.75, 3.05) is 19.7 Å². The molecule has 0 bridgehead atoms. The Labute approximate surface area is 104 Å². The summed E-state index contributed by atoms with van der Waals surface area (Å²) in [6.07, 6.45) is 0.963. The summed E-state index contributed by atoms with van der Waals surface area (Å²) in [6.45, 7) is 2.53. The first-order valence-electron chi connectivity index (χ1n) is 5.84. The number of carbonyl (C=O) groups excluding carboxylic acids is 1. The molecule has 1 fully saturated rings. The fraction of sp³-hybridized carbons (Fsp3) is 0.500. The Kier molecular flexibility index (Phi) is 3.78. The van der Waals surface area contributed by atoms with Crippen molar-refractivity contribution < 1.29 is 14.6 Å². The minimum absolute atomic E-state index is 0.122. The number of carbonyl (C=O) groups is 1. The number of hydrogen-bond acceptors (Lipinski definition) is 4. The summed E-state index contributed by atoms with van der Waals surface area (Å²) in [5, 5.41) is 9.11. The van der Waals surface area contributed by atoms with Crippen LogP contribution in [-0.4, -0.2) is 52.8 Å². The largest absolute Gasteiger partial charge is 0.394 e. The summed E-state index contributed by atoms with van der Waals surface area (Å²) in [4.78, 5) is 27.4. The maximum Gasteiger partial charge on any atom is 0.254 e. The van der Waals surface area contributed by atoms with Crippen LogP contribution in [0.1, 0.15) is 17.3 Å². The van der Waals surface area contributed by atoms with Gasteiger partial charge < -0.3 is 19.7 Å². The number of amides is 1. The summed E-state index contributed by atoms with van der Waals surface area (Å²) in [5.41, 5.74) is 0.0467. The SMILES string of the molecule is CC1CN(C(=O)c2cc[nH]c(=O)c2)CC(CO)O1. The Bertz CT molecular complexity index is 485. The minimum atomic E-state index is -0.361. The van der Waals surface area contributed by atoms with E-state index in [1.807, 2.05) is 6.92 Å². The average Bonchev–Trinajstić information content (AvgIpc) is 2.37. The maximum absolute atomic E-state index is 12.2. The maximum atomic E-state index is 12.2. The van der Waals surface area contributed by atoms with E-state index in [4.69, 9.17) is 9.84 Å². The Hall–Kier alpha value is -1.66. The molecule has 0 aromatic carbocycles. The van der Waals surface area contributed by atoms with Gasteiger partial charge in [-0.1, -0.05) is 0 Å². The zero-order chi connectivity index (χ0) is 13.1. The highest BCUT2D eigenvalue weighted by atomic mass is 16.5. The highest BCUT2D eigenvalue weighted by Gasteiger charge is 2.28. The molecule has 0 aliphatic carbocycles. The molecule has 0 radical (unpaired) electrons. The molecule has 6 nitrogen and oxygen atoms in total. The molecule has 98 valence electrons. The van der Waals surface area contributed by atoms with Gasteiger partial charge in [0.25, 0.3) is 5.91 Å². The third-order valence-electron chi connectivity index (χ3n) is 2.84. The van der Waals surface area contributed by atoms with Gasteiger partial charge in [-0.3, -0.25) is 9.59 Å². The Morgan fingerprint density at radius 3 is 3.06 bits per heavy atom. The van der Waals surface area contributed by atoms with Gasteiger partial charge in [-0.2, -0.15) is 0 Å². The number of aliphatic hydroxyl groups excluding tert-OH is 1. The van der Waals surface area contributed by atoms with Crippen molar-refractivity contribution in [2.24, 2.45) is 0 Å². The van der Waals surface area contributed by atoms with Gasteiger partial charge in [0.15, 0.2) is 0 Å². The van der Waals surface area contributed by atoms with Crippen LogP contribution in [-0.2, 0) is 4.74 Å². The number of nitrogens with zero attached hydrogens (tertiary/aromatic N) is 1. The van der Waals surface area contributed by atoms with Crippen LogP contribution in [0.15, 0.2) is 23.1 Å². The molecular formula is C12H16N2O4. The van der Waals surface area contributed by atoms with E-state index in [2.05, 4.69) is 4.98 Å². The van der Waals surface area contributed by atoms with Gasteiger partial charge in [0, 0.05) is 30.9 Å². The van der Waals surface area contributed by atoms with Crippen molar-refractivity contribution >= 4 is 5.91 Å². The van der Waals surface area contributed by atoms with Crippen LogP contribution in [0.5, 0.6) is 0 Å². The molecule has 0 saturated carbocycles. The first-order valence-corrected chi connectivity index (χ1v) is 5.84. The third kappa shape index (κ3) is 2.77. The van der Waals surface area contributed by atoms with Crippen molar-refractivity contribution in [1.29, 1.82) is 0 Å². The van der Waals surface area contributed by atoms with Gasteiger partial charge in [-0.05, 0) is 13.0 Å². The fourth-order valence-corrected chi connectivity index (χ4v) is 2.07. The van der Waals surface area contributed by atoms with Crippen LogP contribution in [0.2, 0.25) is 0 Å². The second kappa shape index (κ2) is 5.32. The first-order chi connectivity index (χ1) is 8.60. The van der Waals surface area contributed by atoms with Gasteiger partial charge in [0.05, 0.1) is 18.8 Å². The lowest BCUT2D eigenvalue weighted by Crippen LogP contribution is -2.50. The van der Waals surface area contributed by atoms with Gasteiger partial charge in [-0.15, -0.1) is 0 Å². The van der Waals surface area contributed by atoms with E-state index in [9.17, 15) is 9.59 Å². The van der Waals surface area contributed by atoms with Gasteiger partial charge in [0.2, 0.25) is 5.56 Å². The minimum Gasteiger partial charge on any atom is -0.394 e. The molecule has 2 rings (SSSR count). The number of aromatic nitrogens is 1. The molecule has 2 unspecified atom stereocenters. The van der Waals surface area contributed by atoms with Gasteiger partial charge in [-0.25, -0.2) is 0 Å². The summed E-state index contributed by atoms with van der Waals surface area (Å²) in [5.74, 6) is -0.213. The summed E-state index contributed by atoms with van der Waals surface area (Å²) < 4.78 is 5.46. The molecule has 1 aromatic rings. The van der Waals surface area contributed by atoms with Crippen LogP contribution >= 0.6 is 0 Å². The smallest absolute Gasteiger partial charge is 0.254 e. The topological polar surface area (TPSA) is 82.6 Å². The molecule has 0 spiro atoms. The van der Waals surface area contributed by atoms with Crippen molar-refractivity contribution in [3.63, 3.8) is 0 Å². The molecule has 1 amide bonds. The van der Waals surface area contributed by atoms with Crippen LogP contribution < -0.4 is 5.56 Å². The molecule has 1 saturated heterocycles. The number of H-pyrrole nitrogens is 1. The highest BCUT2D eigenvalue weighted by Crippen LogP contribution is 2.13. The summed E-state index contributed by atoms with van der Waals surface area (Å²) in [7, 11) is 0. The van der Waals surface area contributed by atoms with E-state index in [1.54, 1.807) is 11.0 Å². The van der Waals surface area contributed by atoms with Gasteiger partial charge in [0.1, 0.15) is 0 Å². The lowest BCUT2D eigenvalue weighted by Gasteiger charge is -2.36. The number of nitrogens with one attached hydrogen (secondary N) is 1. The van der Waals surface area contributed by atoms with Crippen molar-refractivity contribution in [2.45, 2.75) is 19.1 Å². The molecule has 2 heterocycles. The van der Waals surface area contributed by atoms with Crippen LogP contribution in [0.3, 0.4) is 0 Å². The van der Waals surface area contributed by atoms with E-state index < -0.39 is 0 Å². The number of ether oxygens (including phenoxy) is 1. The predicted octanol–water partition coefficient (Wildman–Crippen LogP) is -0.403. The van der Waals surface area contributed by atoms with Crippen molar-refractivity contribution in [3.05, 3.63) is 34.2 Å². The number of aromatic amines is 1. The lowest BCUT2D eigenvalue weighted by molar-refractivity contribution is -0.0858. The second-order valence-corrected chi connectivity index (χ2v) is 4.40. The molecule has 6 heteroatoms. The second-order valence-electron chi connectivity index (χ2n) is 4.40. The predicted molar refractivity (Wildman–Crippen MR) is 64.4 cm³/mol. The number of pyridine rings is 1. The van der Waals surface area contributed by atoms with Crippen LogP contribution in [0, 0.1) is 0 Å². The standard InChI is InChI=1S/C12H16N2O4/c1-8-5-14(6-10(7-15)18-8)12(17)9-2-3-13-11(16)4-9/h2-4,8,10,15H,5-7H2,1H3,(H,13,16). The van der Waals surface area contributed by atoms with Crippen LogP contribution in [0.4, 0.5) is 0 Å². The Morgan fingerprint density at radius 1 is 1.61 bits per heavy atom.